The SMILES string of the molecule is CCCN1CCc2c(c(-c3ccccc3F)nc3ccc4ccccc4c23)C1. The number of aromatic nitrogens is 1. The average Bonchev–Trinajstić information content (AvgIpc) is 2.73. The van der Waals surface area contributed by atoms with Crippen LogP contribution in [0.15, 0.2) is 60.7 Å². The van der Waals surface area contributed by atoms with Crippen LogP contribution in [-0.2, 0) is 13.0 Å². The fourth-order valence-corrected chi connectivity index (χ4v) is 4.55. The zero-order chi connectivity index (χ0) is 19.1. The van der Waals surface area contributed by atoms with E-state index in [0.29, 0.717) is 5.56 Å². The first kappa shape index (κ1) is 17.3. The Bertz CT molecular complexity index is 1180. The van der Waals surface area contributed by atoms with Crippen molar-refractivity contribution in [1.82, 2.24) is 9.88 Å². The van der Waals surface area contributed by atoms with Gasteiger partial charge in [-0.1, -0.05) is 49.4 Å². The summed E-state index contributed by atoms with van der Waals surface area (Å²) in [7, 11) is 0. The lowest BCUT2D eigenvalue weighted by Gasteiger charge is -2.31. The molecule has 5 rings (SSSR count). The third kappa shape index (κ3) is 2.78. The van der Waals surface area contributed by atoms with Crippen LogP contribution in [0.5, 0.6) is 0 Å². The second kappa shape index (κ2) is 6.99. The van der Waals surface area contributed by atoms with Crippen molar-refractivity contribution < 1.29 is 4.39 Å². The van der Waals surface area contributed by atoms with Crippen LogP contribution in [0, 0.1) is 5.82 Å². The predicted molar refractivity (Wildman–Crippen MR) is 114 cm³/mol. The smallest absolute Gasteiger partial charge is 0.132 e. The second-order valence-corrected chi connectivity index (χ2v) is 7.60. The molecule has 3 heteroatoms. The number of pyridine rings is 1. The van der Waals surface area contributed by atoms with Gasteiger partial charge in [-0.15, -0.1) is 0 Å². The molecule has 140 valence electrons. The summed E-state index contributed by atoms with van der Waals surface area (Å²) in [5, 5.41) is 3.71. The van der Waals surface area contributed by atoms with Crippen molar-refractivity contribution in [3.63, 3.8) is 0 Å². The molecule has 1 aliphatic rings. The summed E-state index contributed by atoms with van der Waals surface area (Å²) in [5.74, 6) is -0.204. The van der Waals surface area contributed by atoms with Crippen LogP contribution < -0.4 is 0 Å². The molecule has 0 N–H and O–H groups in total. The first-order valence-electron chi connectivity index (χ1n) is 10.1. The van der Waals surface area contributed by atoms with Crippen molar-refractivity contribution in [1.29, 1.82) is 0 Å². The second-order valence-electron chi connectivity index (χ2n) is 7.60. The van der Waals surface area contributed by atoms with E-state index in [-0.39, 0.29) is 5.82 Å². The molecular formula is C25H23FN2. The molecule has 0 unspecified atom stereocenters. The summed E-state index contributed by atoms with van der Waals surface area (Å²) in [6.45, 7) is 5.14. The van der Waals surface area contributed by atoms with Crippen LogP contribution in [0.2, 0.25) is 0 Å². The maximum absolute atomic E-state index is 14.7. The van der Waals surface area contributed by atoms with Crippen LogP contribution in [-0.4, -0.2) is 23.0 Å². The molecule has 0 spiro atoms. The van der Waals surface area contributed by atoms with E-state index in [4.69, 9.17) is 4.98 Å². The molecule has 28 heavy (non-hydrogen) atoms. The van der Waals surface area contributed by atoms with Crippen molar-refractivity contribution in [2.24, 2.45) is 0 Å². The van der Waals surface area contributed by atoms with E-state index in [1.807, 2.05) is 12.1 Å². The lowest BCUT2D eigenvalue weighted by atomic mass is 9.89. The molecule has 0 bridgehead atoms. The number of hydrogen-bond donors (Lipinski definition) is 0. The highest BCUT2D eigenvalue weighted by molar-refractivity contribution is 6.09. The van der Waals surface area contributed by atoms with Crippen LogP contribution in [0.25, 0.3) is 32.9 Å². The summed E-state index contributed by atoms with van der Waals surface area (Å²) in [5.41, 5.74) is 4.89. The molecule has 1 aromatic heterocycles. The number of hydrogen-bond acceptors (Lipinski definition) is 2. The number of rotatable bonds is 3. The maximum Gasteiger partial charge on any atom is 0.132 e. The van der Waals surface area contributed by atoms with E-state index < -0.39 is 0 Å². The minimum atomic E-state index is -0.204. The molecule has 0 amide bonds. The van der Waals surface area contributed by atoms with Gasteiger partial charge >= 0.3 is 0 Å². The van der Waals surface area contributed by atoms with Crippen molar-refractivity contribution in [3.05, 3.63) is 77.6 Å². The summed E-state index contributed by atoms with van der Waals surface area (Å²) in [4.78, 5) is 7.46. The van der Waals surface area contributed by atoms with Gasteiger partial charge in [0.2, 0.25) is 0 Å². The topological polar surface area (TPSA) is 16.1 Å². The van der Waals surface area contributed by atoms with Crippen molar-refractivity contribution in [3.8, 4) is 11.3 Å². The van der Waals surface area contributed by atoms with Crippen LogP contribution in [0.4, 0.5) is 4.39 Å². The van der Waals surface area contributed by atoms with E-state index in [2.05, 4.69) is 48.2 Å². The zero-order valence-electron chi connectivity index (χ0n) is 16.1. The Morgan fingerprint density at radius 1 is 0.964 bits per heavy atom. The van der Waals surface area contributed by atoms with Crippen molar-refractivity contribution in [2.75, 3.05) is 13.1 Å². The van der Waals surface area contributed by atoms with Gasteiger partial charge in [0, 0.05) is 24.0 Å². The standard InChI is InChI=1S/C25H23FN2/c1-2-14-28-15-13-19-21(16-28)25(20-9-5-6-10-22(20)26)27-23-12-11-17-7-3-4-8-18(17)24(19)23/h3-12H,2,13-16H2,1H3. The molecular weight excluding hydrogens is 347 g/mol. The van der Waals surface area contributed by atoms with Gasteiger partial charge in [0.25, 0.3) is 0 Å². The summed E-state index contributed by atoms with van der Waals surface area (Å²) >= 11 is 0. The molecule has 2 heterocycles. The highest BCUT2D eigenvalue weighted by Crippen LogP contribution is 2.37. The monoisotopic (exact) mass is 370 g/mol. The molecule has 0 atom stereocenters. The maximum atomic E-state index is 14.7. The molecule has 0 saturated heterocycles. The van der Waals surface area contributed by atoms with Gasteiger partial charge in [-0.2, -0.15) is 0 Å². The fourth-order valence-electron chi connectivity index (χ4n) is 4.55. The van der Waals surface area contributed by atoms with E-state index in [1.54, 1.807) is 6.07 Å². The first-order valence-corrected chi connectivity index (χ1v) is 10.1. The Balaban J connectivity index is 1.84. The van der Waals surface area contributed by atoms with E-state index in [1.165, 1.54) is 33.4 Å². The molecule has 3 aromatic carbocycles. The van der Waals surface area contributed by atoms with E-state index >= 15 is 0 Å². The Kier molecular flexibility index (Phi) is 4.33. The molecule has 0 fully saturated rings. The molecule has 1 aliphatic heterocycles. The van der Waals surface area contributed by atoms with Crippen molar-refractivity contribution in [2.45, 2.75) is 26.3 Å². The van der Waals surface area contributed by atoms with Gasteiger partial charge in [-0.25, -0.2) is 9.37 Å². The fraction of sp³-hybridized carbons (Fsp3) is 0.240. The van der Waals surface area contributed by atoms with Gasteiger partial charge in [-0.05, 0) is 59.5 Å². The summed E-state index contributed by atoms with van der Waals surface area (Å²) < 4.78 is 14.7. The van der Waals surface area contributed by atoms with E-state index in [9.17, 15) is 4.39 Å². The zero-order valence-corrected chi connectivity index (χ0v) is 16.1. The third-order valence-electron chi connectivity index (χ3n) is 5.82. The summed E-state index contributed by atoms with van der Waals surface area (Å²) in [6.07, 6.45) is 2.10. The minimum absolute atomic E-state index is 0.204. The molecule has 2 nitrogen and oxygen atoms in total. The van der Waals surface area contributed by atoms with Crippen LogP contribution in [0.3, 0.4) is 0 Å². The number of fused-ring (bicyclic) bond motifs is 5. The molecule has 0 radical (unpaired) electrons. The Morgan fingerprint density at radius 2 is 1.79 bits per heavy atom. The number of benzene rings is 3. The highest BCUT2D eigenvalue weighted by atomic mass is 19.1. The van der Waals surface area contributed by atoms with Gasteiger partial charge in [-0.3, -0.25) is 4.90 Å². The van der Waals surface area contributed by atoms with Gasteiger partial charge < -0.3 is 0 Å². The largest absolute Gasteiger partial charge is 0.299 e. The lowest BCUT2D eigenvalue weighted by molar-refractivity contribution is 0.255. The molecule has 0 aliphatic carbocycles. The highest BCUT2D eigenvalue weighted by Gasteiger charge is 2.25. The first-order chi connectivity index (χ1) is 13.8. The Hall–Kier alpha value is -2.78. The van der Waals surface area contributed by atoms with Crippen LogP contribution >= 0.6 is 0 Å². The normalized spacial score (nSPS) is 14.5. The third-order valence-corrected chi connectivity index (χ3v) is 5.82. The molecule has 0 saturated carbocycles. The summed E-state index contributed by atoms with van der Waals surface area (Å²) in [6, 6.07) is 19.7. The van der Waals surface area contributed by atoms with Gasteiger partial charge in [0.1, 0.15) is 5.82 Å². The number of nitrogens with zero attached hydrogens (tertiary/aromatic N) is 2. The lowest BCUT2D eigenvalue weighted by Crippen LogP contribution is -2.32. The Labute approximate surface area is 164 Å². The van der Waals surface area contributed by atoms with E-state index in [0.717, 1.165) is 43.7 Å². The van der Waals surface area contributed by atoms with Crippen LogP contribution in [0.1, 0.15) is 24.5 Å². The quantitative estimate of drug-likeness (QED) is 0.414. The number of halogens is 1. The minimum Gasteiger partial charge on any atom is -0.299 e. The van der Waals surface area contributed by atoms with Crippen molar-refractivity contribution >= 4 is 21.7 Å². The molecule has 4 aromatic rings. The predicted octanol–water partition coefficient (Wildman–Crippen LogP) is 5.96. The average molecular weight is 370 g/mol. The van der Waals surface area contributed by atoms with Gasteiger partial charge in [0.05, 0.1) is 11.2 Å². The van der Waals surface area contributed by atoms with Gasteiger partial charge in [0.15, 0.2) is 0 Å². The Morgan fingerprint density at radius 3 is 2.64 bits per heavy atom.